The summed E-state index contributed by atoms with van der Waals surface area (Å²) in [5.41, 5.74) is 2.22. The quantitative estimate of drug-likeness (QED) is 0.267. The van der Waals surface area contributed by atoms with Gasteiger partial charge < -0.3 is 14.7 Å². The van der Waals surface area contributed by atoms with Gasteiger partial charge in [-0.25, -0.2) is 0 Å². The number of aldehydes is 1. The molecule has 0 radical (unpaired) electrons. The molecule has 164 valence electrons. The van der Waals surface area contributed by atoms with E-state index in [4.69, 9.17) is 9.84 Å². The van der Waals surface area contributed by atoms with Crippen molar-refractivity contribution in [2.45, 2.75) is 52.4 Å². The molecule has 0 aliphatic carbocycles. The second kappa shape index (κ2) is 14.0. The van der Waals surface area contributed by atoms with Crippen LogP contribution in [0.5, 0.6) is 5.75 Å². The molecule has 1 heterocycles. The number of hydrogen-bond acceptors (Lipinski definition) is 5. The Labute approximate surface area is 185 Å². The van der Waals surface area contributed by atoms with E-state index in [0.717, 1.165) is 53.3 Å². The topological polar surface area (TPSA) is 49.8 Å². The Morgan fingerprint density at radius 1 is 0.967 bits per heavy atom. The molecule has 0 amide bonds. The van der Waals surface area contributed by atoms with Crippen LogP contribution < -0.4 is 9.64 Å². The molecular formula is C25H35NO3S. The number of ether oxygens (including phenoxy) is 1. The number of carbonyl (C=O) groups is 1. The van der Waals surface area contributed by atoms with Crippen molar-refractivity contribution < 1.29 is 14.6 Å². The largest absolute Gasteiger partial charge is 0.493 e. The third kappa shape index (κ3) is 7.96. The molecule has 4 nitrogen and oxygen atoms in total. The molecule has 5 heteroatoms. The van der Waals surface area contributed by atoms with Gasteiger partial charge in [0.1, 0.15) is 5.75 Å². The number of nitrogens with zero attached hydrogens (tertiary/aromatic N) is 1. The van der Waals surface area contributed by atoms with Gasteiger partial charge >= 0.3 is 0 Å². The van der Waals surface area contributed by atoms with Crippen molar-refractivity contribution in [2.24, 2.45) is 0 Å². The van der Waals surface area contributed by atoms with E-state index in [1.807, 2.05) is 24.3 Å². The van der Waals surface area contributed by atoms with Crippen LogP contribution in [0.4, 0.5) is 5.69 Å². The standard InChI is InChI=1S/C25H35NO3S/c1-3-5-15-26(16-6-4-2)22-11-9-21(25(19-22)29-18-8-7-17-27)10-12-23-13-14-24(20-28)30-23/h9-14,19-20,27H,3-8,15-18H2,1-2H3/b12-10+. The number of unbranched alkanes of at least 4 members (excludes halogenated alkanes) is 3. The Bertz CT molecular complexity index is 776. The lowest BCUT2D eigenvalue weighted by atomic mass is 10.1. The lowest BCUT2D eigenvalue weighted by Crippen LogP contribution is -2.25. The maximum atomic E-state index is 10.9. The maximum absolute atomic E-state index is 10.9. The molecule has 1 aromatic carbocycles. The third-order valence-corrected chi connectivity index (χ3v) is 5.90. The van der Waals surface area contributed by atoms with Crippen LogP contribution in [0.3, 0.4) is 0 Å². The van der Waals surface area contributed by atoms with E-state index in [1.54, 1.807) is 0 Å². The highest BCUT2D eigenvalue weighted by atomic mass is 32.1. The Morgan fingerprint density at radius 2 is 1.70 bits per heavy atom. The highest BCUT2D eigenvalue weighted by Crippen LogP contribution is 2.29. The molecule has 0 spiro atoms. The summed E-state index contributed by atoms with van der Waals surface area (Å²) in [6.07, 6.45) is 11.2. The molecule has 2 rings (SSSR count). The molecule has 0 aliphatic heterocycles. The van der Waals surface area contributed by atoms with Gasteiger partial charge in [0.05, 0.1) is 11.5 Å². The van der Waals surface area contributed by atoms with Gasteiger partial charge in [0.15, 0.2) is 6.29 Å². The predicted octanol–water partition coefficient (Wildman–Crippen LogP) is 6.29. The minimum Gasteiger partial charge on any atom is -0.493 e. The van der Waals surface area contributed by atoms with Crippen molar-refractivity contribution in [1.82, 2.24) is 0 Å². The van der Waals surface area contributed by atoms with Crippen molar-refractivity contribution in [3.63, 3.8) is 0 Å². The predicted molar refractivity (Wildman–Crippen MR) is 129 cm³/mol. The number of rotatable bonds is 15. The van der Waals surface area contributed by atoms with Crippen LogP contribution in [-0.2, 0) is 0 Å². The molecule has 0 saturated carbocycles. The lowest BCUT2D eigenvalue weighted by Gasteiger charge is -2.25. The summed E-state index contributed by atoms with van der Waals surface area (Å²) in [5.74, 6) is 0.867. The van der Waals surface area contributed by atoms with Gasteiger partial charge in [-0.05, 0) is 62.1 Å². The van der Waals surface area contributed by atoms with E-state index in [0.29, 0.717) is 6.61 Å². The maximum Gasteiger partial charge on any atom is 0.160 e. The average Bonchev–Trinajstić information content (AvgIpc) is 3.24. The van der Waals surface area contributed by atoms with Gasteiger partial charge in [-0.2, -0.15) is 0 Å². The Kier molecular flexibility index (Phi) is 11.3. The number of aliphatic hydroxyl groups excluding tert-OH is 1. The van der Waals surface area contributed by atoms with Crippen LogP contribution >= 0.6 is 11.3 Å². The highest BCUT2D eigenvalue weighted by molar-refractivity contribution is 7.14. The van der Waals surface area contributed by atoms with Crippen LogP contribution in [0.1, 0.15) is 72.5 Å². The minimum atomic E-state index is 0.190. The summed E-state index contributed by atoms with van der Waals surface area (Å²) in [6.45, 7) is 7.33. The van der Waals surface area contributed by atoms with Crippen LogP contribution in [0.15, 0.2) is 30.3 Å². The Morgan fingerprint density at radius 3 is 2.33 bits per heavy atom. The van der Waals surface area contributed by atoms with Gasteiger partial charge in [-0.1, -0.05) is 26.7 Å². The fourth-order valence-corrected chi connectivity index (χ4v) is 3.87. The van der Waals surface area contributed by atoms with Crippen LogP contribution in [-0.4, -0.2) is 37.7 Å². The number of anilines is 1. The second-order valence-corrected chi connectivity index (χ2v) is 8.53. The molecule has 1 aromatic heterocycles. The van der Waals surface area contributed by atoms with Crippen molar-refractivity contribution in [2.75, 3.05) is 31.2 Å². The van der Waals surface area contributed by atoms with Crippen LogP contribution in [0.2, 0.25) is 0 Å². The fraction of sp³-hybridized carbons (Fsp3) is 0.480. The highest BCUT2D eigenvalue weighted by Gasteiger charge is 2.10. The van der Waals surface area contributed by atoms with Crippen molar-refractivity contribution in [3.05, 3.63) is 45.6 Å². The van der Waals surface area contributed by atoms with Gasteiger partial charge in [0, 0.05) is 41.9 Å². The number of hydrogen-bond donors (Lipinski definition) is 1. The molecule has 2 aromatic rings. The van der Waals surface area contributed by atoms with Crippen LogP contribution in [0.25, 0.3) is 12.2 Å². The Balaban J connectivity index is 2.24. The van der Waals surface area contributed by atoms with Crippen molar-refractivity contribution >= 4 is 35.5 Å². The number of thiophene rings is 1. The van der Waals surface area contributed by atoms with Crippen molar-refractivity contribution in [3.8, 4) is 5.75 Å². The SMILES string of the molecule is CCCCN(CCCC)c1ccc(/C=C/c2ccc(C=O)s2)c(OCCCCO)c1. The first-order chi connectivity index (χ1) is 14.7. The molecule has 0 unspecified atom stereocenters. The summed E-state index contributed by atoms with van der Waals surface area (Å²) in [5, 5.41) is 9.04. The first-order valence-electron chi connectivity index (χ1n) is 11.1. The van der Waals surface area contributed by atoms with Gasteiger partial charge in [-0.3, -0.25) is 4.79 Å². The van der Waals surface area contributed by atoms with Gasteiger partial charge in [0.2, 0.25) is 0 Å². The number of aliphatic hydroxyl groups is 1. The van der Waals surface area contributed by atoms with Crippen LogP contribution in [0, 0.1) is 0 Å². The number of benzene rings is 1. The smallest absolute Gasteiger partial charge is 0.160 e. The molecule has 30 heavy (non-hydrogen) atoms. The normalized spacial score (nSPS) is 11.2. The molecule has 1 N–H and O–H groups in total. The lowest BCUT2D eigenvalue weighted by molar-refractivity contribution is 0.112. The zero-order valence-electron chi connectivity index (χ0n) is 18.3. The third-order valence-electron chi connectivity index (χ3n) is 4.93. The number of carbonyl (C=O) groups excluding carboxylic acids is 1. The molecule has 0 saturated heterocycles. The molecular weight excluding hydrogens is 394 g/mol. The zero-order chi connectivity index (χ0) is 21.6. The summed E-state index contributed by atoms with van der Waals surface area (Å²) in [4.78, 5) is 15.1. The van der Waals surface area contributed by atoms with Gasteiger partial charge in [0.25, 0.3) is 0 Å². The van der Waals surface area contributed by atoms with Crippen molar-refractivity contribution in [1.29, 1.82) is 0 Å². The minimum absolute atomic E-state index is 0.190. The van der Waals surface area contributed by atoms with E-state index >= 15 is 0 Å². The van der Waals surface area contributed by atoms with E-state index in [1.165, 1.54) is 42.7 Å². The summed E-state index contributed by atoms with van der Waals surface area (Å²) >= 11 is 1.48. The zero-order valence-corrected chi connectivity index (χ0v) is 19.1. The molecule has 0 atom stereocenters. The molecule has 0 aliphatic rings. The Hall–Kier alpha value is -2.11. The fourth-order valence-electron chi connectivity index (χ4n) is 3.14. The van der Waals surface area contributed by atoms with E-state index in [2.05, 4.69) is 36.9 Å². The van der Waals surface area contributed by atoms with Gasteiger partial charge in [-0.15, -0.1) is 11.3 Å². The molecule has 0 bridgehead atoms. The van der Waals surface area contributed by atoms with E-state index < -0.39 is 0 Å². The first-order valence-corrected chi connectivity index (χ1v) is 11.9. The summed E-state index contributed by atoms with van der Waals surface area (Å²) < 4.78 is 6.11. The summed E-state index contributed by atoms with van der Waals surface area (Å²) in [7, 11) is 0. The molecule has 0 fully saturated rings. The monoisotopic (exact) mass is 429 g/mol. The summed E-state index contributed by atoms with van der Waals surface area (Å²) in [6, 6.07) is 10.2. The van der Waals surface area contributed by atoms with E-state index in [-0.39, 0.29) is 6.61 Å². The first kappa shape index (κ1) is 24.2. The average molecular weight is 430 g/mol. The van der Waals surface area contributed by atoms with E-state index in [9.17, 15) is 4.79 Å². The second-order valence-electron chi connectivity index (χ2n) is 7.39.